The van der Waals surface area contributed by atoms with Crippen LogP contribution in [0.2, 0.25) is 0 Å². The summed E-state index contributed by atoms with van der Waals surface area (Å²) in [5.41, 5.74) is 3.63. The summed E-state index contributed by atoms with van der Waals surface area (Å²) in [5.74, 6) is -2.47. The molecule has 14 heteroatoms. The quantitative estimate of drug-likeness (QED) is 0.0784. The SMILES string of the molecule is CC(=O)O[C@@H]1[C@@H](OC(C)=O)[C@@H](F)O[C@H](CO[C@H]2O[C@H](COCc3ccccc3)[C@@H](OCc3ccccc3)[C@H](OCc3ccccc3)[C@H]2OCc2ccccc2)[C@H]1OC(C)=O. The first-order chi connectivity index (χ1) is 29.1. The van der Waals surface area contributed by atoms with Crippen LogP contribution in [0.4, 0.5) is 4.39 Å². The average Bonchev–Trinajstić information content (AvgIpc) is 3.24. The van der Waals surface area contributed by atoms with Gasteiger partial charge in [-0.25, -0.2) is 4.39 Å². The largest absolute Gasteiger partial charge is 0.456 e. The van der Waals surface area contributed by atoms with E-state index >= 15 is 4.39 Å². The number of ether oxygens (including phenoxy) is 10. The highest BCUT2D eigenvalue weighted by Gasteiger charge is 2.54. The summed E-state index contributed by atoms with van der Waals surface area (Å²) in [7, 11) is 0. The van der Waals surface area contributed by atoms with Crippen molar-refractivity contribution < 1.29 is 66.1 Å². The molecular formula is C46H51FO13. The van der Waals surface area contributed by atoms with E-state index in [2.05, 4.69) is 0 Å². The van der Waals surface area contributed by atoms with E-state index in [9.17, 15) is 14.4 Å². The van der Waals surface area contributed by atoms with Crippen LogP contribution in [0.1, 0.15) is 43.0 Å². The van der Waals surface area contributed by atoms with Crippen molar-refractivity contribution in [2.75, 3.05) is 13.2 Å². The molecule has 0 unspecified atom stereocenters. The number of carbonyl (C=O) groups is 3. The molecule has 0 saturated carbocycles. The summed E-state index contributed by atoms with van der Waals surface area (Å²) in [6, 6.07) is 38.5. The van der Waals surface area contributed by atoms with Crippen LogP contribution < -0.4 is 0 Å². The maximum atomic E-state index is 15.8. The normalized spacial score (nSPS) is 26.5. The number of carbonyl (C=O) groups excluding carboxylic acids is 3. The van der Waals surface area contributed by atoms with Crippen molar-refractivity contribution in [3.63, 3.8) is 0 Å². The van der Waals surface area contributed by atoms with Crippen molar-refractivity contribution >= 4 is 17.9 Å². The van der Waals surface area contributed by atoms with Crippen LogP contribution in [0.3, 0.4) is 0 Å². The van der Waals surface area contributed by atoms with Crippen molar-refractivity contribution in [1.29, 1.82) is 0 Å². The Morgan fingerprint density at radius 2 is 0.850 bits per heavy atom. The van der Waals surface area contributed by atoms with Gasteiger partial charge < -0.3 is 47.4 Å². The van der Waals surface area contributed by atoms with Crippen molar-refractivity contribution in [1.82, 2.24) is 0 Å². The van der Waals surface area contributed by atoms with E-state index in [-0.39, 0.29) is 33.0 Å². The standard InChI is InChI=1S/C46H51FO13/c1-30(48)56-40-38(59-45(47)43(58-32(3)50)42(40)57-31(2)49)29-55-46-44(54-27-36-22-14-7-15-23-36)41(53-26-35-20-12-6-13-21-35)39(52-25-34-18-10-5-11-19-34)37(60-46)28-51-24-33-16-8-4-9-17-33/h4-23,37-46H,24-29H2,1-3H3/t37-,38-,39-,40-,41+,42+,43-,44-,45+,46+/m1/s1. The van der Waals surface area contributed by atoms with Crippen LogP contribution in [0.5, 0.6) is 0 Å². The lowest BCUT2D eigenvalue weighted by molar-refractivity contribution is -0.340. The van der Waals surface area contributed by atoms with Gasteiger partial charge in [0.05, 0.1) is 39.6 Å². The lowest BCUT2D eigenvalue weighted by Crippen LogP contribution is -2.63. The molecule has 0 radical (unpaired) electrons. The lowest BCUT2D eigenvalue weighted by Gasteiger charge is -2.47. The predicted octanol–water partition coefficient (Wildman–Crippen LogP) is 6.19. The van der Waals surface area contributed by atoms with Gasteiger partial charge in [0.15, 0.2) is 24.6 Å². The monoisotopic (exact) mass is 830 g/mol. The van der Waals surface area contributed by atoms with Gasteiger partial charge >= 0.3 is 17.9 Å². The molecule has 0 amide bonds. The summed E-state index contributed by atoms with van der Waals surface area (Å²) in [6.45, 7) is 3.68. The van der Waals surface area contributed by atoms with E-state index in [0.717, 1.165) is 43.0 Å². The van der Waals surface area contributed by atoms with Crippen LogP contribution >= 0.6 is 0 Å². The van der Waals surface area contributed by atoms with E-state index in [1.54, 1.807) is 0 Å². The van der Waals surface area contributed by atoms with Crippen molar-refractivity contribution in [3.8, 4) is 0 Å². The topological polar surface area (TPSA) is 144 Å². The first kappa shape index (κ1) is 44.5. The highest BCUT2D eigenvalue weighted by atomic mass is 19.1. The van der Waals surface area contributed by atoms with E-state index in [0.29, 0.717) is 0 Å². The molecule has 0 bridgehead atoms. The van der Waals surface area contributed by atoms with Gasteiger partial charge in [-0.05, 0) is 22.3 Å². The number of rotatable bonds is 19. The smallest absolute Gasteiger partial charge is 0.303 e. The second kappa shape index (κ2) is 22.5. The first-order valence-corrected chi connectivity index (χ1v) is 19.8. The molecule has 60 heavy (non-hydrogen) atoms. The number of hydrogen-bond acceptors (Lipinski definition) is 13. The molecule has 2 fully saturated rings. The first-order valence-electron chi connectivity index (χ1n) is 19.8. The number of hydrogen-bond donors (Lipinski definition) is 0. The number of benzene rings is 4. The third-order valence-electron chi connectivity index (χ3n) is 9.75. The Morgan fingerprint density at radius 3 is 1.33 bits per heavy atom. The van der Waals surface area contributed by atoms with Crippen LogP contribution in [0.25, 0.3) is 0 Å². The Morgan fingerprint density at radius 1 is 0.450 bits per heavy atom. The van der Waals surface area contributed by atoms with Gasteiger partial charge in [-0.2, -0.15) is 0 Å². The maximum absolute atomic E-state index is 15.8. The van der Waals surface area contributed by atoms with Gasteiger partial charge in [0.2, 0.25) is 6.36 Å². The second-order valence-corrected chi connectivity index (χ2v) is 14.4. The molecule has 13 nitrogen and oxygen atoms in total. The molecule has 0 spiro atoms. The highest BCUT2D eigenvalue weighted by molar-refractivity contribution is 5.68. The van der Waals surface area contributed by atoms with Gasteiger partial charge in [-0.1, -0.05) is 121 Å². The molecule has 0 aromatic heterocycles. The van der Waals surface area contributed by atoms with Crippen molar-refractivity contribution in [2.24, 2.45) is 0 Å². The molecule has 10 atom stereocenters. The zero-order valence-corrected chi connectivity index (χ0v) is 33.7. The van der Waals surface area contributed by atoms with E-state index < -0.39 is 86.0 Å². The van der Waals surface area contributed by atoms with Gasteiger partial charge in [-0.15, -0.1) is 0 Å². The summed E-state index contributed by atoms with van der Waals surface area (Å²) in [5, 5.41) is 0. The van der Waals surface area contributed by atoms with Crippen molar-refractivity contribution in [3.05, 3.63) is 144 Å². The lowest BCUT2D eigenvalue weighted by atomic mass is 9.97. The van der Waals surface area contributed by atoms with Crippen LogP contribution in [0.15, 0.2) is 121 Å². The molecule has 4 aromatic carbocycles. The fraction of sp³-hybridized carbons (Fsp3) is 0.413. The third kappa shape index (κ3) is 13.0. The molecule has 0 N–H and O–H groups in total. The predicted molar refractivity (Wildman–Crippen MR) is 212 cm³/mol. The molecule has 2 aliphatic rings. The van der Waals surface area contributed by atoms with Gasteiger partial charge in [0, 0.05) is 20.8 Å². The third-order valence-corrected chi connectivity index (χ3v) is 9.75. The Kier molecular flexibility index (Phi) is 16.7. The minimum Gasteiger partial charge on any atom is -0.456 e. The zero-order chi connectivity index (χ0) is 42.3. The Labute approximate surface area is 348 Å². The summed E-state index contributed by atoms with van der Waals surface area (Å²) < 4.78 is 77.1. The number of alkyl halides is 1. The molecule has 2 heterocycles. The van der Waals surface area contributed by atoms with Crippen LogP contribution in [0, 0.1) is 0 Å². The van der Waals surface area contributed by atoms with E-state index in [4.69, 9.17) is 47.4 Å². The van der Waals surface area contributed by atoms with E-state index in [1.165, 1.54) is 0 Å². The number of halogens is 1. The molecule has 4 aromatic rings. The highest BCUT2D eigenvalue weighted by Crippen LogP contribution is 2.34. The molecule has 2 saturated heterocycles. The fourth-order valence-electron chi connectivity index (χ4n) is 7.05. The minimum absolute atomic E-state index is 0.0476. The molecule has 0 aliphatic carbocycles. The fourth-order valence-corrected chi connectivity index (χ4v) is 7.05. The minimum atomic E-state index is -2.28. The van der Waals surface area contributed by atoms with Gasteiger partial charge in [0.1, 0.15) is 30.5 Å². The maximum Gasteiger partial charge on any atom is 0.303 e. The van der Waals surface area contributed by atoms with Gasteiger partial charge in [0.25, 0.3) is 0 Å². The Hall–Kier alpha value is -5.06. The van der Waals surface area contributed by atoms with E-state index in [1.807, 2.05) is 121 Å². The number of esters is 3. The average molecular weight is 831 g/mol. The van der Waals surface area contributed by atoms with Gasteiger partial charge in [-0.3, -0.25) is 14.4 Å². The molecule has 2 aliphatic heterocycles. The molecular weight excluding hydrogens is 779 g/mol. The summed E-state index contributed by atoms with van der Waals surface area (Å²) in [4.78, 5) is 36.6. The Bertz CT molecular complexity index is 1900. The molecule has 6 rings (SSSR count). The van der Waals surface area contributed by atoms with Crippen molar-refractivity contribution in [2.45, 2.75) is 109 Å². The van der Waals surface area contributed by atoms with Crippen LogP contribution in [-0.4, -0.2) is 92.6 Å². The molecule has 320 valence electrons. The second-order valence-electron chi connectivity index (χ2n) is 14.4. The van der Waals surface area contributed by atoms with Crippen LogP contribution in [-0.2, 0) is 88.2 Å². The summed E-state index contributed by atoms with van der Waals surface area (Å²) >= 11 is 0. The zero-order valence-electron chi connectivity index (χ0n) is 33.7. The Balaban J connectivity index is 1.34. The summed E-state index contributed by atoms with van der Waals surface area (Å²) in [6.07, 6.45) is -13.0.